The van der Waals surface area contributed by atoms with Gasteiger partial charge >= 0.3 is 5.97 Å². The molecule has 0 unspecified atom stereocenters. The van der Waals surface area contributed by atoms with Gasteiger partial charge in [0.25, 0.3) is 0 Å². The number of carboxylic acid groups (broad SMARTS) is 1. The van der Waals surface area contributed by atoms with Crippen LogP contribution in [0.15, 0.2) is 0 Å². The third kappa shape index (κ3) is 5.28. The van der Waals surface area contributed by atoms with Crippen LogP contribution in [-0.2, 0) is 14.4 Å². The van der Waals surface area contributed by atoms with Crippen LogP contribution in [0.3, 0.4) is 0 Å². The van der Waals surface area contributed by atoms with Gasteiger partial charge in [-0.25, -0.2) is 4.79 Å². The summed E-state index contributed by atoms with van der Waals surface area (Å²) in [6.45, 7) is 2.41. The Labute approximate surface area is 113 Å². The van der Waals surface area contributed by atoms with Crippen LogP contribution in [0.2, 0.25) is 0 Å². The molecule has 0 bridgehead atoms. The number of likely N-dealkylation sites (tertiary alicyclic amines) is 1. The Hall–Kier alpha value is -1.59. The van der Waals surface area contributed by atoms with Crippen molar-refractivity contribution in [1.82, 2.24) is 10.2 Å². The van der Waals surface area contributed by atoms with Gasteiger partial charge in [-0.15, -0.1) is 0 Å². The lowest BCUT2D eigenvalue weighted by Gasteiger charge is -2.21. The van der Waals surface area contributed by atoms with E-state index in [9.17, 15) is 14.4 Å². The highest BCUT2D eigenvalue weighted by Gasteiger charge is 2.23. The summed E-state index contributed by atoms with van der Waals surface area (Å²) in [7, 11) is 0. The summed E-state index contributed by atoms with van der Waals surface area (Å²) in [5, 5.41) is 11.4. The zero-order valence-electron chi connectivity index (χ0n) is 11.4. The summed E-state index contributed by atoms with van der Waals surface area (Å²) < 4.78 is 0. The molecule has 0 aromatic carbocycles. The molecular formula is C13H22N2O4. The van der Waals surface area contributed by atoms with Gasteiger partial charge in [0.1, 0.15) is 6.04 Å². The lowest BCUT2D eigenvalue weighted by atomic mass is 10.1. The molecule has 0 radical (unpaired) electrons. The number of amides is 2. The van der Waals surface area contributed by atoms with E-state index in [0.29, 0.717) is 25.8 Å². The number of carboxylic acids is 1. The van der Waals surface area contributed by atoms with Crippen molar-refractivity contribution in [2.75, 3.05) is 13.1 Å². The summed E-state index contributed by atoms with van der Waals surface area (Å²) >= 11 is 0. The van der Waals surface area contributed by atoms with Crippen LogP contribution in [-0.4, -0.2) is 46.9 Å². The van der Waals surface area contributed by atoms with Crippen molar-refractivity contribution < 1.29 is 19.5 Å². The Kier molecular flexibility index (Phi) is 6.32. The zero-order valence-corrected chi connectivity index (χ0v) is 11.4. The molecule has 2 N–H and O–H groups in total. The molecule has 0 spiro atoms. The Morgan fingerprint density at radius 2 is 2.11 bits per heavy atom. The molecule has 0 aromatic rings. The van der Waals surface area contributed by atoms with Gasteiger partial charge in [-0.2, -0.15) is 0 Å². The lowest BCUT2D eigenvalue weighted by molar-refractivity contribution is -0.142. The van der Waals surface area contributed by atoms with Crippen molar-refractivity contribution >= 4 is 17.8 Å². The number of hydrogen-bond donors (Lipinski definition) is 2. The smallest absolute Gasteiger partial charge is 0.326 e. The molecule has 1 heterocycles. The summed E-state index contributed by atoms with van der Waals surface area (Å²) in [6, 6.07) is -0.861. The first-order chi connectivity index (χ1) is 9.04. The fraction of sp³-hybridized carbons (Fsp3) is 0.769. The minimum absolute atomic E-state index is 0.0185. The Balaban J connectivity index is 2.48. The van der Waals surface area contributed by atoms with E-state index in [-0.39, 0.29) is 12.5 Å². The summed E-state index contributed by atoms with van der Waals surface area (Å²) in [6.07, 6.45) is 4.32. The third-order valence-corrected chi connectivity index (χ3v) is 3.22. The van der Waals surface area contributed by atoms with E-state index in [2.05, 4.69) is 5.32 Å². The Morgan fingerprint density at radius 1 is 1.37 bits per heavy atom. The van der Waals surface area contributed by atoms with E-state index in [1.165, 1.54) is 4.90 Å². The number of aliphatic carboxylic acids is 1. The first-order valence-electron chi connectivity index (χ1n) is 6.84. The molecule has 108 valence electrons. The molecule has 1 rings (SSSR count). The van der Waals surface area contributed by atoms with Gasteiger partial charge in [0.2, 0.25) is 11.8 Å². The quantitative estimate of drug-likeness (QED) is 0.746. The minimum Gasteiger partial charge on any atom is -0.480 e. The fourth-order valence-corrected chi connectivity index (χ4v) is 2.17. The lowest BCUT2D eigenvalue weighted by Crippen LogP contribution is -2.46. The van der Waals surface area contributed by atoms with Gasteiger partial charge < -0.3 is 15.3 Å². The number of rotatable bonds is 6. The first-order valence-corrected chi connectivity index (χ1v) is 6.84. The molecular weight excluding hydrogens is 248 g/mol. The van der Waals surface area contributed by atoms with Gasteiger partial charge in [0.15, 0.2) is 0 Å². The second-order valence-electron chi connectivity index (χ2n) is 4.87. The number of nitrogens with one attached hydrogen (secondary N) is 1. The molecule has 2 amide bonds. The summed E-state index contributed by atoms with van der Waals surface area (Å²) in [5.41, 5.74) is 0. The summed E-state index contributed by atoms with van der Waals surface area (Å²) in [5.74, 6) is -1.44. The van der Waals surface area contributed by atoms with Crippen LogP contribution >= 0.6 is 0 Å². The van der Waals surface area contributed by atoms with Crippen LogP contribution in [0.1, 0.15) is 45.4 Å². The molecule has 1 atom stereocenters. The molecule has 1 fully saturated rings. The zero-order chi connectivity index (χ0) is 14.3. The van der Waals surface area contributed by atoms with E-state index < -0.39 is 17.9 Å². The van der Waals surface area contributed by atoms with Gasteiger partial charge in [0, 0.05) is 13.0 Å². The van der Waals surface area contributed by atoms with Crippen molar-refractivity contribution in [3.05, 3.63) is 0 Å². The Morgan fingerprint density at radius 3 is 2.74 bits per heavy atom. The molecule has 19 heavy (non-hydrogen) atoms. The van der Waals surface area contributed by atoms with Crippen molar-refractivity contribution in [2.24, 2.45) is 0 Å². The topological polar surface area (TPSA) is 86.7 Å². The SMILES string of the molecule is CCC[C@@H](NC(=O)CN1CCCCCC1=O)C(=O)O. The number of nitrogens with zero attached hydrogens (tertiary/aromatic N) is 1. The average molecular weight is 270 g/mol. The van der Waals surface area contributed by atoms with Crippen LogP contribution in [0.25, 0.3) is 0 Å². The van der Waals surface area contributed by atoms with Crippen LogP contribution < -0.4 is 5.32 Å². The largest absolute Gasteiger partial charge is 0.480 e. The third-order valence-electron chi connectivity index (χ3n) is 3.22. The maximum absolute atomic E-state index is 11.8. The molecule has 6 nitrogen and oxygen atoms in total. The maximum Gasteiger partial charge on any atom is 0.326 e. The number of carbonyl (C=O) groups is 3. The van der Waals surface area contributed by atoms with Gasteiger partial charge in [-0.3, -0.25) is 9.59 Å². The van der Waals surface area contributed by atoms with Crippen LogP contribution in [0, 0.1) is 0 Å². The normalized spacial score (nSPS) is 17.7. The van der Waals surface area contributed by atoms with Gasteiger partial charge in [0.05, 0.1) is 6.54 Å². The van der Waals surface area contributed by atoms with Crippen molar-refractivity contribution in [3.8, 4) is 0 Å². The highest BCUT2D eigenvalue weighted by molar-refractivity contribution is 5.88. The molecule has 0 aromatic heterocycles. The number of hydrogen-bond acceptors (Lipinski definition) is 3. The van der Waals surface area contributed by atoms with E-state index >= 15 is 0 Å². The van der Waals surface area contributed by atoms with Crippen LogP contribution in [0.4, 0.5) is 0 Å². The standard InChI is InChI=1S/C13H22N2O4/c1-2-6-10(13(18)19)14-11(16)9-15-8-5-3-4-7-12(15)17/h10H,2-9H2,1H3,(H,14,16)(H,18,19)/t10-/m1/s1. The second kappa shape index (κ2) is 7.76. The highest BCUT2D eigenvalue weighted by Crippen LogP contribution is 2.10. The Bertz CT molecular complexity index is 344. The molecule has 1 aliphatic rings. The van der Waals surface area contributed by atoms with Crippen molar-refractivity contribution in [1.29, 1.82) is 0 Å². The second-order valence-corrected chi connectivity index (χ2v) is 4.87. The van der Waals surface area contributed by atoms with E-state index in [4.69, 9.17) is 5.11 Å². The van der Waals surface area contributed by atoms with E-state index in [1.54, 1.807) is 0 Å². The van der Waals surface area contributed by atoms with Crippen LogP contribution in [0.5, 0.6) is 0 Å². The molecule has 6 heteroatoms. The molecule has 1 aliphatic heterocycles. The predicted molar refractivity (Wildman–Crippen MR) is 69.5 cm³/mol. The number of carbonyl (C=O) groups excluding carboxylic acids is 2. The van der Waals surface area contributed by atoms with Gasteiger partial charge in [-0.05, 0) is 19.3 Å². The highest BCUT2D eigenvalue weighted by atomic mass is 16.4. The molecule has 0 saturated carbocycles. The molecule has 1 saturated heterocycles. The van der Waals surface area contributed by atoms with Gasteiger partial charge in [-0.1, -0.05) is 19.8 Å². The van der Waals surface area contributed by atoms with Crippen molar-refractivity contribution in [2.45, 2.75) is 51.5 Å². The van der Waals surface area contributed by atoms with E-state index in [1.807, 2.05) is 6.92 Å². The summed E-state index contributed by atoms with van der Waals surface area (Å²) in [4.78, 5) is 36.0. The molecule has 0 aliphatic carbocycles. The monoisotopic (exact) mass is 270 g/mol. The van der Waals surface area contributed by atoms with Crippen molar-refractivity contribution in [3.63, 3.8) is 0 Å². The van der Waals surface area contributed by atoms with E-state index in [0.717, 1.165) is 19.3 Å². The average Bonchev–Trinajstić information content (AvgIpc) is 2.54. The minimum atomic E-state index is -1.03. The first kappa shape index (κ1) is 15.5. The predicted octanol–water partition coefficient (Wildman–Crippen LogP) is 0.758. The maximum atomic E-state index is 11.8. The fourth-order valence-electron chi connectivity index (χ4n) is 2.17.